The number of aryl methyl sites for hydroxylation is 1. The van der Waals surface area contributed by atoms with Crippen LogP contribution in [0.5, 0.6) is 17.2 Å². The second-order valence-corrected chi connectivity index (χ2v) is 3.73. The third-order valence-corrected chi connectivity index (χ3v) is 2.42. The summed E-state index contributed by atoms with van der Waals surface area (Å²) in [6.07, 6.45) is 0. The topological polar surface area (TPSA) is 60.7 Å². The van der Waals surface area contributed by atoms with E-state index < -0.39 is 0 Å². The monoisotopic (exact) mass is 216 g/mol. The Morgan fingerprint density at radius 3 is 1.81 bits per heavy atom. The normalized spacial score (nSPS) is 10.3. The van der Waals surface area contributed by atoms with E-state index in [0.29, 0.717) is 11.1 Å². The van der Waals surface area contributed by atoms with Crippen molar-refractivity contribution in [3.8, 4) is 28.4 Å². The van der Waals surface area contributed by atoms with Crippen LogP contribution >= 0.6 is 0 Å². The van der Waals surface area contributed by atoms with Crippen LogP contribution in [0.3, 0.4) is 0 Å². The third-order valence-electron chi connectivity index (χ3n) is 2.42. The Morgan fingerprint density at radius 2 is 1.31 bits per heavy atom. The molecule has 0 heterocycles. The van der Waals surface area contributed by atoms with Crippen LogP contribution in [-0.4, -0.2) is 15.3 Å². The Labute approximate surface area is 93.2 Å². The Hall–Kier alpha value is -2.16. The Bertz CT molecular complexity index is 492. The molecule has 0 radical (unpaired) electrons. The van der Waals surface area contributed by atoms with Gasteiger partial charge in [-0.3, -0.25) is 0 Å². The SMILES string of the molecule is Cc1ccc(-c2c(O)cc(O)cc2O)cc1. The fourth-order valence-electron chi connectivity index (χ4n) is 1.61. The summed E-state index contributed by atoms with van der Waals surface area (Å²) in [5.41, 5.74) is 2.14. The first-order valence-corrected chi connectivity index (χ1v) is 4.90. The second kappa shape index (κ2) is 3.77. The van der Waals surface area contributed by atoms with E-state index in [4.69, 9.17) is 0 Å². The van der Waals surface area contributed by atoms with E-state index in [0.717, 1.165) is 5.56 Å². The van der Waals surface area contributed by atoms with Gasteiger partial charge in [-0.1, -0.05) is 29.8 Å². The van der Waals surface area contributed by atoms with Crippen LogP contribution in [0, 0.1) is 6.92 Å². The number of rotatable bonds is 1. The quantitative estimate of drug-likeness (QED) is 0.686. The third kappa shape index (κ3) is 1.80. The van der Waals surface area contributed by atoms with E-state index in [-0.39, 0.29) is 17.2 Å². The zero-order valence-electron chi connectivity index (χ0n) is 8.81. The summed E-state index contributed by atoms with van der Waals surface area (Å²) < 4.78 is 0. The fraction of sp³-hybridized carbons (Fsp3) is 0.0769. The van der Waals surface area contributed by atoms with Crippen molar-refractivity contribution in [1.29, 1.82) is 0 Å². The highest BCUT2D eigenvalue weighted by atomic mass is 16.3. The molecule has 3 nitrogen and oxygen atoms in total. The second-order valence-electron chi connectivity index (χ2n) is 3.73. The van der Waals surface area contributed by atoms with Crippen LogP contribution in [0.1, 0.15) is 5.56 Å². The Morgan fingerprint density at radius 1 is 0.812 bits per heavy atom. The van der Waals surface area contributed by atoms with E-state index in [1.807, 2.05) is 19.1 Å². The van der Waals surface area contributed by atoms with E-state index >= 15 is 0 Å². The Balaban J connectivity index is 2.60. The lowest BCUT2D eigenvalue weighted by molar-refractivity contribution is 0.430. The maximum absolute atomic E-state index is 9.67. The minimum Gasteiger partial charge on any atom is -0.508 e. The van der Waals surface area contributed by atoms with Gasteiger partial charge in [0.15, 0.2) is 0 Å². The highest BCUT2D eigenvalue weighted by Gasteiger charge is 2.11. The van der Waals surface area contributed by atoms with Gasteiger partial charge in [-0.25, -0.2) is 0 Å². The fourth-order valence-corrected chi connectivity index (χ4v) is 1.61. The number of hydrogen-bond acceptors (Lipinski definition) is 3. The lowest BCUT2D eigenvalue weighted by Crippen LogP contribution is -1.81. The van der Waals surface area contributed by atoms with Gasteiger partial charge in [-0.2, -0.15) is 0 Å². The molecule has 3 heteroatoms. The first-order valence-electron chi connectivity index (χ1n) is 4.90. The van der Waals surface area contributed by atoms with E-state index in [1.165, 1.54) is 12.1 Å². The van der Waals surface area contributed by atoms with Gasteiger partial charge in [-0.05, 0) is 12.5 Å². The molecule has 0 aliphatic carbocycles. The number of aromatic hydroxyl groups is 3. The van der Waals surface area contributed by atoms with Crippen molar-refractivity contribution in [3.05, 3.63) is 42.0 Å². The number of phenols is 3. The first kappa shape index (κ1) is 10.4. The van der Waals surface area contributed by atoms with Crippen molar-refractivity contribution < 1.29 is 15.3 Å². The van der Waals surface area contributed by atoms with Crippen molar-refractivity contribution in [1.82, 2.24) is 0 Å². The molecule has 0 aromatic heterocycles. The summed E-state index contributed by atoms with van der Waals surface area (Å²) in [6, 6.07) is 9.80. The summed E-state index contributed by atoms with van der Waals surface area (Å²) in [5, 5.41) is 28.5. The molecular weight excluding hydrogens is 204 g/mol. The van der Waals surface area contributed by atoms with Gasteiger partial charge >= 0.3 is 0 Å². The van der Waals surface area contributed by atoms with Gasteiger partial charge in [0.2, 0.25) is 0 Å². The Kier molecular flexibility index (Phi) is 2.44. The zero-order chi connectivity index (χ0) is 11.7. The van der Waals surface area contributed by atoms with Crippen LogP contribution in [0.15, 0.2) is 36.4 Å². The molecule has 2 aromatic carbocycles. The molecular formula is C13H12O3. The van der Waals surface area contributed by atoms with Gasteiger partial charge < -0.3 is 15.3 Å². The molecule has 0 aliphatic rings. The predicted molar refractivity (Wildman–Crippen MR) is 61.6 cm³/mol. The minimum atomic E-state index is -0.161. The van der Waals surface area contributed by atoms with E-state index in [2.05, 4.69) is 0 Å². The number of phenolic OH excluding ortho intramolecular Hbond substituents is 3. The van der Waals surface area contributed by atoms with Crippen LogP contribution < -0.4 is 0 Å². The average Bonchev–Trinajstić information content (AvgIpc) is 2.19. The summed E-state index contributed by atoms with van der Waals surface area (Å²) in [6.45, 7) is 1.96. The smallest absolute Gasteiger partial charge is 0.130 e. The van der Waals surface area contributed by atoms with Crippen molar-refractivity contribution >= 4 is 0 Å². The first-order chi connectivity index (χ1) is 7.58. The molecule has 2 aromatic rings. The molecule has 2 rings (SSSR count). The molecule has 82 valence electrons. The van der Waals surface area contributed by atoms with Gasteiger partial charge in [0.1, 0.15) is 17.2 Å². The molecule has 16 heavy (non-hydrogen) atoms. The van der Waals surface area contributed by atoms with Gasteiger partial charge in [0, 0.05) is 12.1 Å². The zero-order valence-corrected chi connectivity index (χ0v) is 8.81. The molecule has 0 amide bonds. The van der Waals surface area contributed by atoms with E-state index in [1.54, 1.807) is 12.1 Å². The molecule has 0 saturated heterocycles. The average molecular weight is 216 g/mol. The summed E-state index contributed by atoms with van der Waals surface area (Å²) >= 11 is 0. The lowest BCUT2D eigenvalue weighted by Gasteiger charge is -2.08. The van der Waals surface area contributed by atoms with Crippen molar-refractivity contribution in [2.45, 2.75) is 6.92 Å². The van der Waals surface area contributed by atoms with Crippen molar-refractivity contribution in [3.63, 3.8) is 0 Å². The molecule has 0 fully saturated rings. The minimum absolute atomic E-state index is 0.138. The predicted octanol–water partition coefficient (Wildman–Crippen LogP) is 2.78. The molecule has 0 aliphatic heterocycles. The lowest BCUT2D eigenvalue weighted by atomic mass is 10.0. The number of hydrogen-bond donors (Lipinski definition) is 3. The summed E-state index contributed by atoms with van der Waals surface area (Å²) in [5.74, 6) is -0.437. The van der Waals surface area contributed by atoms with Crippen LogP contribution in [0.2, 0.25) is 0 Å². The maximum Gasteiger partial charge on any atom is 0.130 e. The molecule has 0 saturated carbocycles. The van der Waals surface area contributed by atoms with Crippen molar-refractivity contribution in [2.75, 3.05) is 0 Å². The van der Waals surface area contributed by atoms with Gasteiger partial charge in [0.05, 0.1) is 5.56 Å². The highest BCUT2D eigenvalue weighted by molar-refractivity contribution is 5.77. The van der Waals surface area contributed by atoms with Gasteiger partial charge in [-0.15, -0.1) is 0 Å². The summed E-state index contributed by atoms with van der Waals surface area (Å²) in [7, 11) is 0. The van der Waals surface area contributed by atoms with Crippen LogP contribution in [-0.2, 0) is 0 Å². The van der Waals surface area contributed by atoms with Crippen molar-refractivity contribution in [2.24, 2.45) is 0 Å². The molecule has 0 spiro atoms. The molecule has 0 unspecified atom stereocenters. The summed E-state index contributed by atoms with van der Waals surface area (Å²) in [4.78, 5) is 0. The van der Waals surface area contributed by atoms with Gasteiger partial charge in [0.25, 0.3) is 0 Å². The van der Waals surface area contributed by atoms with Crippen LogP contribution in [0.4, 0.5) is 0 Å². The largest absolute Gasteiger partial charge is 0.508 e. The maximum atomic E-state index is 9.67. The molecule has 0 atom stereocenters. The highest BCUT2D eigenvalue weighted by Crippen LogP contribution is 2.39. The number of benzene rings is 2. The molecule has 3 N–H and O–H groups in total. The van der Waals surface area contributed by atoms with E-state index in [9.17, 15) is 15.3 Å². The standard InChI is InChI=1S/C13H12O3/c1-8-2-4-9(5-3-8)13-11(15)6-10(14)7-12(13)16/h2-7,14-16H,1H3. The van der Waals surface area contributed by atoms with Crippen LogP contribution in [0.25, 0.3) is 11.1 Å². The molecule has 0 bridgehead atoms.